The molecule has 0 bridgehead atoms. The number of halogens is 2. The summed E-state index contributed by atoms with van der Waals surface area (Å²) in [6.07, 6.45) is 0.702. The molecule has 1 rings (SSSR count). The van der Waals surface area contributed by atoms with E-state index in [1.807, 2.05) is 33.3 Å². The molecule has 4 heteroatoms. The minimum absolute atomic E-state index is 0.145. The topological polar surface area (TPSA) is 15.3 Å². The van der Waals surface area contributed by atoms with Crippen molar-refractivity contribution in [2.75, 3.05) is 27.7 Å². The van der Waals surface area contributed by atoms with E-state index in [2.05, 4.69) is 26.1 Å². The highest BCUT2D eigenvalue weighted by atomic mass is 79.9. The van der Waals surface area contributed by atoms with E-state index in [1.165, 1.54) is 6.07 Å². The molecule has 1 atom stereocenters. The Morgan fingerprint density at radius 3 is 2.62 bits per heavy atom. The van der Waals surface area contributed by atoms with Crippen molar-refractivity contribution in [1.82, 2.24) is 10.2 Å². The van der Waals surface area contributed by atoms with Crippen molar-refractivity contribution in [2.45, 2.75) is 12.5 Å². The maximum atomic E-state index is 13.6. The molecule has 16 heavy (non-hydrogen) atoms. The van der Waals surface area contributed by atoms with Gasteiger partial charge in [0.15, 0.2) is 0 Å². The molecular formula is C12H18BrFN2. The van der Waals surface area contributed by atoms with Crippen molar-refractivity contribution in [3.8, 4) is 0 Å². The van der Waals surface area contributed by atoms with E-state index in [9.17, 15) is 4.39 Å². The molecule has 1 aromatic rings. The summed E-state index contributed by atoms with van der Waals surface area (Å²) in [5, 5.41) is 3.20. The second kappa shape index (κ2) is 6.33. The van der Waals surface area contributed by atoms with Crippen molar-refractivity contribution < 1.29 is 4.39 Å². The molecule has 0 radical (unpaired) electrons. The van der Waals surface area contributed by atoms with E-state index in [4.69, 9.17) is 0 Å². The maximum absolute atomic E-state index is 13.6. The first-order valence-corrected chi connectivity index (χ1v) is 6.08. The lowest BCUT2D eigenvalue weighted by Gasteiger charge is -2.20. The van der Waals surface area contributed by atoms with Gasteiger partial charge in [0.2, 0.25) is 0 Å². The smallest absolute Gasteiger partial charge is 0.127 e. The monoisotopic (exact) mass is 288 g/mol. The second-order valence-corrected chi connectivity index (χ2v) is 5.10. The Balaban J connectivity index is 2.70. The molecule has 0 fully saturated rings. The first kappa shape index (κ1) is 13.6. The van der Waals surface area contributed by atoms with Gasteiger partial charge in [-0.3, -0.25) is 0 Å². The van der Waals surface area contributed by atoms with Crippen LogP contribution in [0, 0.1) is 5.82 Å². The molecule has 0 spiro atoms. The highest BCUT2D eigenvalue weighted by molar-refractivity contribution is 9.10. The lowest BCUT2D eigenvalue weighted by Crippen LogP contribution is -2.37. The summed E-state index contributed by atoms with van der Waals surface area (Å²) in [5.74, 6) is -0.145. The Bertz CT molecular complexity index is 342. The number of nitrogens with zero attached hydrogens (tertiary/aromatic N) is 1. The van der Waals surface area contributed by atoms with Gasteiger partial charge in [0.05, 0.1) is 0 Å². The Morgan fingerprint density at radius 1 is 1.44 bits per heavy atom. The van der Waals surface area contributed by atoms with Gasteiger partial charge in [-0.2, -0.15) is 0 Å². The van der Waals surface area contributed by atoms with Crippen molar-refractivity contribution in [2.24, 2.45) is 0 Å². The predicted octanol–water partition coefficient (Wildman–Crippen LogP) is 2.28. The first-order valence-electron chi connectivity index (χ1n) is 5.29. The van der Waals surface area contributed by atoms with E-state index >= 15 is 0 Å². The van der Waals surface area contributed by atoms with Gasteiger partial charge in [-0.1, -0.05) is 22.0 Å². The molecule has 0 heterocycles. The van der Waals surface area contributed by atoms with Crippen molar-refractivity contribution in [3.05, 3.63) is 34.1 Å². The van der Waals surface area contributed by atoms with Crippen molar-refractivity contribution >= 4 is 15.9 Å². The zero-order valence-electron chi connectivity index (χ0n) is 9.93. The molecule has 0 saturated carbocycles. The molecule has 0 aromatic heterocycles. The van der Waals surface area contributed by atoms with Crippen LogP contribution in [-0.4, -0.2) is 38.6 Å². The van der Waals surface area contributed by atoms with Crippen LogP contribution in [0.15, 0.2) is 22.7 Å². The number of likely N-dealkylation sites (N-methyl/N-ethyl adjacent to an activating group) is 2. The summed E-state index contributed by atoms with van der Waals surface area (Å²) >= 11 is 3.26. The minimum atomic E-state index is -0.145. The van der Waals surface area contributed by atoms with Crippen LogP contribution in [0.4, 0.5) is 4.39 Å². The number of nitrogens with one attached hydrogen (secondary N) is 1. The highest BCUT2D eigenvalue weighted by Gasteiger charge is 2.11. The second-order valence-electron chi connectivity index (χ2n) is 4.19. The van der Waals surface area contributed by atoms with Crippen LogP contribution in [-0.2, 0) is 6.42 Å². The van der Waals surface area contributed by atoms with Gasteiger partial charge in [0.25, 0.3) is 0 Å². The molecule has 1 N–H and O–H groups in total. The Kier molecular flexibility index (Phi) is 5.38. The van der Waals surface area contributed by atoms with E-state index in [-0.39, 0.29) is 11.9 Å². The van der Waals surface area contributed by atoms with E-state index < -0.39 is 0 Å². The summed E-state index contributed by atoms with van der Waals surface area (Å²) in [7, 11) is 5.94. The van der Waals surface area contributed by atoms with Gasteiger partial charge in [0.1, 0.15) is 5.82 Å². The average Bonchev–Trinajstić information content (AvgIpc) is 2.20. The first-order chi connectivity index (χ1) is 7.52. The van der Waals surface area contributed by atoms with Crippen LogP contribution in [0.1, 0.15) is 5.56 Å². The van der Waals surface area contributed by atoms with E-state index in [0.29, 0.717) is 6.42 Å². The predicted molar refractivity (Wildman–Crippen MR) is 69.2 cm³/mol. The molecular weight excluding hydrogens is 271 g/mol. The van der Waals surface area contributed by atoms with Gasteiger partial charge >= 0.3 is 0 Å². The normalized spacial score (nSPS) is 13.1. The third-order valence-corrected chi connectivity index (χ3v) is 2.97. The summed E-state index contributed by atoms with van der Waals surface area (Å²) < 4.78 is 14.4. The van der Waals surface area contributed by atoms with Gasteiger partial charge in [-0.05, 0) is 45.3 Å². The zero-order valence-corrected chi connectivity index (χ0v) is 11.5. The fourth-order valence-corrected chi connectivity index (χ4v) is 1.98. The summed E-state index contributed by atoms with van der Waals surface area (Å²) in [6, 6.07) is 5.49. The standard InChI is InChI=1S/C12H18BrFN2/c1-15-11(8-16(2)3)6-9-4-5-10(13)7-12(9)14/h4-5,7,11,15H,6,8H2,1-3H3. The Labute approximate surface area is 105 Å². The lowest BCUT2D eigenvalue weighted by atomic mass is 10.1. The fourth-order valence-electron chi connectivity index (χ4n) is 1.65. The Morgan fingerprint density at radius 2 is 2.12 bits per heavy atom. The van der Waals surface area contributed by atoms with Crippen LogP contribution in [0.3, 0.4) is 0 Å². The molecule has 1 aromatic carbocycles. The van der Waals surface area contributed by atoms with Crippen LogP contribution >= 0.6 is 15.9 Å². The Hall–Kier alpha value is -0.450. The van der Waals surface area contributed by atoms with Crippen LogP contribution in [0.25, 0.3) is 0 Å². The lowest BCUT2D eigenvalue weighted by molar-refractivity contribution is 0.345. The van der Waals surface area contributed by atoms with Crippen LogP contribution < -0.4 is 5.32 Å². The van der Waals surface area contributed by atoms with Crippen LogP contribution in [0.5, 0.6) is 0 Å². The number of hydrogen-bond donors (Lipinski definition) is 1. The minimum Gasteiger partial charge on any atom is -0.315 e. The third kappa shape index (κ3) is 4.20. The van der Waals surface area contributed by atoms with Gasteiger partial charge in [0, 0.05) is 17.1 Å². The molecule has 2 nitrogen and oxygen atoms in total. The summed E-state index contributed by atoms with van der Waals surface area (Å²) in [4.78, 5) is 2.10. The highest BCUT2D eigenvalue weighted by Crippen LogP contribution is 2.16. The van der Waals surface area contributed by atoms with Gasteiger partial charge in [-0.25, -0.2) is 4.39 Å². The largest absolute Gasteiger partial charge is 0.315 e. The summed E-state index contributed by atoms with van der Waals surface area (Å²) in [5.41, 5.74) is 0.754. The zero-order chi connectivity index (χ0) is 12.1. The van der Waals surface area contributed by atoms with E-state index in [0.717, 1.165) is 16.6 Å². The van der Waals surface area contributed by atoms with Gasteiger partial charge < -0.3 is 10.2 Å². The SMILES string of the molecule is CNC(Cc1ccc(Br)cc1F)CN(C)C. The summed E-state index contributed by atoms with van der Waals surface area (Å²) in [6.45, 7) is 0.895. The third-order valence-electron chi connectivity index (χ3n) is 2.48. The van der Waals surface area contributed by atoms with Gasteiger partial charge in [-0.15, -0.1) is 0 Å². The molecule has 0 amide bonds. The molecule has 0 aliphatic heterocycles. The fraction of sp³-hybridized carbons (Fsp3) is 0.500. The molecule has 0 aliphatic rings. The number of hydrogen-bond acceptors (Lipinski definition) is 2. The van der Waals surface area contributed by atoms with Crippen molar-refractivity contribution in [1.29, 1.82) is 0 Å². The molecule has 1 unspecified atom stereocenters. The van der Waals surface area contributed by atoms with E-state index in [1.54, 1.807) is 0 Å². The maximum Gasteiger partial charge on any atom is 0.127 e. The quantitative estimate of drug-likeness (QED) is 0.894. The van der Waals surface area contributed by atoms with Crippen molar-refractivity contribution in [3.63, 3.8) is 0 Å². The van der Waals surface area contributed by atoms with Crippen LogP contribution in [0.2, 0.25) is 0 Å². The average molecular weight is 289 g/mol. The number of benzene rings is 1. The molecule has 0 saturated heterocycles. The molecule has 90 valence electrons. The molecule has 0 aliphatic carbocycles. The number of rotatable bonds is 5.